The van der Waals surface area contributed by atoms with Crippen LogP contribution in [0.1, 0.15) is 0 Å². The summed E-state index contributed by atoms with van der Waals surface area (Å²) in [4.78, 5) is 6.97. The average Bonchev–Trinajstić information content (AvgIpc) is 2.30. The molecular formula is C10H8BF2N2O2. The quantitative estimate of drug-likeness (QED) is 0.571. The second kappa shape index (κ2) is 6.67. The lowest BCUT2D eigenvalue weighted by molar-refractivity contribution is 0.448. The van der Waals surface area contributed by atoms with Crippen LogP contribution in [0.5, 0.6) is 0 Å². The first-order valence-electron chi connectivity index (χ1n) is 4.52. The highest BCUT2D eigenvalue weighted by atomic mass is 19.1. The van der Waals surface area contributed by atoms with Crippen molar-refractivity contribution in [2.75, 3.05) is 0 Å². The van der Waals surface area contributed by atoms with Crippen LogP contribution in [0.15, 0.2) is 36.5 Å². The van der Waals surface area contributed by atoms with Crippen LogP contribution in [0.3, 0.4) is 0 Å². The van der Waals surface area contributed by atoms with Gasteiger partial charge in [0.15, 0.2) is 0 Å². The Morgan fingerprint density at radius 1 is 1.06 bits per heavy atom. The number of hydrogen-bond acceptors (Lipinski definition) is 4. The van der Waals surface area contributed by atoms with E-state index in [0.29, 0.717) is 11.3 Å². The summed E-state index contributed by atoms with van der Waals surface area (Å²) in [5.41, 5.74) is 0.906. The molecule has 0 saturated heterocycles. The third-order valence-corrected chi connectivity index (χ3v) is 1.72. The molecule has 4 nitrogen and oxygen atoms in total. The Balaban J connectivity index is 0.000000437. The molecule has 2 aromatic rings. The van der Waals surface area contributed by atoms with Crippen LogP contribution >= 0.6 is 0 Å². The van der Waals surface area contributed by atoms with E-state index in [2.05, 4.69) is 9.97 Å². The van der Waals surface area contributed by atoms with Crippen molar-refractivity contribution in [3.63, 3.8) is 0 Å². The molecule has 1 radical (unpaired) electrons. The van der Waals surface area contributed by atoms with Crippen molar-refractivity contribution < 1.29 is 18.8 Å². The Morgan fingerprint density at radius 2 is 1.65 bits per heavy atom. The van der Waals surface area contributed by atoms with Crippen molar-refractivity contribution in [2.45, 2.75) is 0 Å². The van der Waals surface area contributed by atoms with Crippen molar-refractivity contribution in [1.29, 1.82) is 0 Å². The molecule has 0 atom stereocenters. The molecule has 17 heavy (non-hydrogen) atoms. The van der Waals surface area contributed by atoms with Gasteiger partial charge in [0.25, 0.3) is 0 Å². The van der Waals surface area contributed by atoms with Gasteiger partial charge in [0.1, 0.15) is 0 Å². The second-order valence-corrected chi connectivity index (χ2v) is 2.83. The summed E-state index contributed by atoms with van der Waals surface area (Å²) >= 11 is 0. The van der Waals surface area contributed by atoms with E-state index < -0.39 is 11.9 Å². The molecular weight excluding hydrogens is 229 g/mol. The fraction of sp³-hybridized carbons (Fsp3) is 0. The molecule has 0 aliphatic carbocycles. The zero-order valence-electron chi connectivity index (χ0n) is 8.59. The van der Waals surface area contributed by atoms with Gasteiger partial charge in [-0.15, -0.1) is 0 Å². The van der Waals surface area contributed by atoms with E-state index in [9.17, 15) is 8.78 Å². The van der Waals surface area contributed by atoms with Gasteiger partial charge in [-0.05, 0) is 12.1 Å². The Kier molecular flexibility index (Phi) is 5.18. The summed E-state index contributed by atoms with van der Waals surface area (Å²) in [5, 5.41) is 14.0. The third kappa shape index (κ3) is 4.25. The first-order chi connectivity index (χ1) is 8.17. The standard InChI is InChI=1S/C10H6F2N2.BH2O2/c11-9-5-7(6-10(12)14-9)8-3-1-2-4-13-8;2-1-3/h1-6H;2-3H. The molecule has 2 aromatic heterocycles. The van der Waals surface area contributed by atoms with Gasteiger partial charge in [-0.2, -0.15) is 13.8 Å². The lowest BCUT2D eigenvalue weighted by Crippen LogP contribution is -1.90. The minimum atomic E-state index is -0.842. The molecule has 0 aromatic carbocycles. The molecule has 0 aliphatic rings. The van der Waals surface area contributed by atoms with Gasteiger partial charge < -0.3 is 10.0 Å². The van der Waals surface area contributed by atoms with Crippen LogP contribution < -0.4 is 0 Å². The van der Waals surface area contributed by atoms with Gasteiger partial charge in [-0.3, -0.25) is 4.98 Å². The summed E-state index contributed by atoms with van der Waals surface area (Å²) in [6, 6.07) is 7.45. The Hall–Kier alpha value is -1.86. The number of pyridine rings is 2. The highest BCUT2D eigenvalue weighted by Crippen LogP contribution is 2.16. The fourth-order valence-electron chi connectivity index (χ4n) is 1.15. The maximum absolute atomic E-state index is 12.7. The Morgan fingerprint density at radius 3 is 2.12 bits per heavy atom. The van der Waals surface area contributed by atoms with Crippen molar-refractivity contribution in [3.05, 3.63) is 48.4 Å². The lowest BCUT2D eigenvalue weighted by Gasteiger charge is -1.99. The number of halogens is 2. The molecule has 2 rings (SSSR count). The van der Waals surface area contributed by atoms with Gasteiger partial charge in [-0.1, -0.05) is 6.07 Å². The SMILES string of the molecule is Fc1cc(-c2ccccn2)cc(F)n1.O[B]O. The lowest BCUT2D eigenvalue weighted by atomic mass is 10.2. The van der Waals surface area contributed by atoms with Crippen molar-refractivity contribution in [1.82, 2.24) is 9.97 Å². The maximum Gasteiger partial charge on any atom is 0.482 e. The van der Waals surface area contributed by atoms with Crippen LogP contribution in [0.2, 0.25) is 0 Å². The molecule has 87 valence electrons. The molecule has 0 spiro atoms. The minimum Gasteiger partial charge on any atom is -0.429 e. The topological polar surface area (TPSA) is 66.2 Å². The van der Waals surface area contributed by atoms with Crippen LogP contribution in [0.4, 0.5) is 8.78 Å². The van der Waals surface area contributed by atoms with Gasteiger partial charge in [0.2, 0.25) is 11.9 Å². The minimum absolute atomic E-state index is 0. The predicted octanol–water partition coefficient (Wildman–Crippen LogP) is 0.927. The Labute approximate surface area is 96.9 Å². The van der Waals surface area contributed by atoms with Crippen LogP contribution in [0, 0.1) is 11.9 Å². The van der Waals surface area contributed by atoms with E-state index in [1.807, 2.05) is 0 Å². The van der Waals surface area contributed by atoms with E-state index in [-0.39, 0.29) is 7.69 Å². The Bertz CT molecular complexity index is 451. The summed E-state index contributed by atoms with van der Waals surface area (Å²) < 4.78 is 25.5. The molecule has 7 heteroatoms. The van der Waals surface area contributed by atoms with Gasteiger partial charge in [0, 0.05) is 23.9 Å². The van der Waals surface area contributed by atoms with Gasteiger partial charge in [0.05, 0.1) is 5.69 Å². The molecule has 0 aliphatic heterocycles. The molecule has 2 heterocycles. The smallest absolute Gasteiger partial charge is 0.429 e. The van der Waals surface area contributed by atoms with E-state index in [4.69, 9.17) is 10.0 Å². The maximum atomic E-state index is 12.7. The summed E-state index contributed by atoms with van der Waals surface area (Å²) in [5.74, 6) is -1.68. The summed E-state index contributed by atoms with van der Waals surface area (Å²) in [6.07, 6.45) is 1.56. The van der Waals surface area contributed by atoms with Gasteiger partial charge >= 0.3 is 7.69 Å². The monoisotopic (exact) mass is 237 g/mol. The first kappa shape index (κ1) is 13.2. The van der Waals surface area contributed by atoms with Crippen LogP contribution in [-0.2, 0) is 0 Å². The van der Waals surface area contributed by atoms with E-state index in [0.717, 1.165) is 12.1 Å². The fourth-order valence-corrected chi connectivity index (χ4v) is 1.15. The zero-order valence-corrected chi connectivity index (χ0v) is 8.59. The normalized spacial score (nSPS) is 9.18. The summed E-state index contributed by atoms with van der Waals surface area (Å²) in [7, 11) is 0. The summed E-state index contributed by atoms with van der Waals surface area (Å²) in [6.45, 7) is 0. The van der Waals surface area contributed by atoms with E-state index >= 15 is 0 Å². The molecule has 0 amide bonds. The highest BCUT2D eigenvalue weighted by molar-refractivity contribution is 6.13. The predicted molar refractivity (Wildman–Crippen MR) is 57.6 cm³/mol. The first-order valence-corrected chi connectivity index (χ1v) is 4.52. The zero-order chi connectivity index (χ0) is 12.7. The van der Waals surface area contributed by atoms with Crippen LogP contribution in [-0.4, -0.2) is 27.7 Å². The largest absolute Gasteiger partial charge is 0.482 e. The van der Waals surface area contributed by atoms with Crippen LogP contribution in [0.25, 0.3) is 11.3 Å². The van der Waals surface area contributed by atoms with Crippen molar-refractivity contribution in [2.24, 2.45) is 0 Å². The highest BCUT2D eigenvalue weighted by Gasteiger charge is 2.04. The molecule has 0 bridgehead atoms. The second-order valence-electron chi connectivity index (χ2n) is 2.83. The molecule has 0 fully saturated rings. The number of rotatable bonds is 1. The average molecular weight is 237 g/mol. The number of nitrogens with zero attached hydrogens (tertiary/aromatic N) is 2. The molecule has 0 saturated carbocycles. The van der Waals surface area contributed by atoms with Gasteiger partial charge in [-0.25, -0.2) is 0 Å². The molecule has 2 N–H and O–H groups in total. The molecule has 0 unspecified atom stereocenters. The number of aromatic nitrogens is 2. The van der Waals surface area contributed by atoms with Crippen molar-refractivity contribution in [3.8, 4) is 11.3 Å². The van der Waals surface area contributed by atoms with E-state index in [1.54, 1.807) is 24.4 Å². The van der Waals surface area contributed by atoms with Crippen molar-refractivity contribution >= 4 is 7.69 Å². The third-order valence-electron chi connectivity index (χ3n) is 1.72. The number of hydrogen-bond donors (Lipinski definition) is 2. The van der Waals surface area contributed by atoms with E-state index in [1.165, 1.54) is 0 Å².